The van der Waals surface area contributed by atoms with Crippen molar-refractivity contribution < 1.29 is 0 Å². The predicted octanol–water partition coefficient (Wildman–Crippen LogP) is 4.52. The van der Waals surface area contributed by atoms with Crippen molar-refractivity contribution in [2.75, 3.05) is 0 Å². The molecule has 0 N–H and O–H groups in total. The SMILES string of the molecule is C[Si](C)(C)C([Si](C)(C)C)P(Cl)(Cl)=[Se]. The molecule has 0 fully saturated rings. The molecule has 6 heteroatoms. The van der Waals surface area contributed by atoms with Gasteiger partial charge in [-0.1, -0.05) is 0 Å². The second-order valence-corrected chi connectivity index (χ2v) is 29.4. The number of hydrogen-bond acceptors (Lipinski definition) is 0. The van der Waals surface area contributed by atoms with E-state index in [1.807, 2.05) is 0 Å². The van der Waals surface area contributed by atoms with Crippen molar-refractivity contribution in [2.45, 2.75) is 44.2 Å². The molecule has 0 aliphatic carbocycles. The van der Waals surface area contributed by atoms with E-state index in [0.29, 0.717) is 4.91 Å². The standard InChI is InChI=1S/C7H19Cl2PSeSi2/c1-12(2,3)7(10(8,9)11)13(4,5)6/h7H,1-6H3. The van der Waals surface area contributed by atoms with Crippen LogP contribution in [-0.2, 0) is 0 Å². The second kappa shape index (κ2) is 4.45. The van der Waals surface area contributed by atoms with E-state index in [-0.39, 0.29) is 0 Å². The van der Waals surface area contributed by atoms with E-state index < -0.39 is 20.4 Å². The van der Waals surface area contributed by atoms with E-state index in [9.17, 15) is 0 Å². The summed E-state index contributed by atoms with van der Waals surface area (Å²) >= 11 is 15.8. The Morgan fingerprint density at radius 2 is 1.15 bits per heavy atom. The molecule has 0 spiro atoms. The zero-order valence-electron chi connectivity index (χ0n) is 9.19. The Morgan fingerprint density at radius 1 is 0.923 bits per heavy atom. The number of hydrogen-bond donors (Lipinski definition) is 0. The molecule has 13 heavy (non-hydrogen) atoms. The van der Waals surface area contributed by atoms with Gasteiger partial charge in [0, 0.05) is 0 Å². The second-order valence-electron chi connectivity index (χ2n) is 5.64. The van der Waals surface area contributed by atoms with E-state index in [1.54, 1.807) is 0 Å². The summed E-state index contributed by atoms with van der Waals surface area (Å²) in [4.78, 5) is 0.593. The van der Waals surface area contributed by atoms with Gasteiger partial charge in [0.2, 0.25) is 0 Å². The summed E-state index contributed by atoms with van der Waals surface area (Å²) < 4.78 is -1.83. The molecule has 0 amide bonds. The van der Waals surface area contributed by atoms with Crippen molar-refractivity contribution in [3.8, 4) is 0 Å². The van der Waals surface area contributed by atoms with Gasteiger partial charge in [-0.2, -0.15) is 0 Å². The van der Waals surface area contributed by atoms with E-state index in [1.165, 1.54) is 0 Å². The molecule has 0 aromatic heterocycles. The average molecular weight is 340 g/mol. The summed E-state index contributed by atoms with van der Waals surface area (Å²) in [5, 5.41) is 0. The van der Waals surface area contributed by atoms with Crippen LogP contribution in [0.15, 0.2) is 0 Å². The van der Waals surface area contributed by atoms with Crippen LogP contribution in [0.4, 0.5) is 0 Å². The van der Waals surface area contributed by atoms with Gasteiger partial charge >= 0.3 is 102 Å². The fourth-order valence-corrected chi connectivity index (χ4v) is 42.3. The Balaban J connectivity index is 5.15. The molecule has 0 saturated carbocycles. The minimum absolute atomic E-state index is 0.593. The molecule has 0 rings (SSSR count). The van der Waals surface area contributed by atoms with Crippen LogP contribution >= 0.6 is 26.7 Å². The molecule has 0 aliphatic rings. The van der Waals surface area contributed by atoms with Crippen LogP contribution in [0, 0.1) is 0 Å². The van der Waals surface area contributed by atoms with Gasteiger partial charge in [0.15, 0.2) is 0 Å². The summed E-state index contributed by atoms with van der Waals surface area (Å²) in [6, 6.07) is 0. The first-order valence-corrected chi connectivity index (χ1v) is 17.4. The van der Waals surface area contributed by atoms with Gasteiger partial charge in [-0.25, -0.2) is 0 Å². The van der Waals surface area contributed by atoms with Crippen LogP contribution in [-0.4, -0.2) is 36.2 Å². The van der Waals surface area contributed by atoms with Crippen LogP contribution in [0.3, 0.4) is 0 Å². The molecule has 0 aromatic carbocycles. The van der Waals surface area contributed by atoms with Gasteiger partial charge in [0.05, 0.1) is 0 Å². The first-order valence-electron chi connectivity index (χ1n) is 4.36. The van der Waals surface area contributed by atoms with Crippen molar-refractivity contribution in [1.82, 2.24) is 0 Å². The topological polar surface area (TPSA) is 0 Å². The zero-order valence-corrected chi connectivity index (χ0v) is 15.3. The summed E-state index contributed by atoms with van der Waals surface area (Å²) in [5.74, 6) is 0. The summed E-state index contributed by atoms with van der Waals surface area (Å²) in [5.41, 5.74) is 0. The predicted molar refractivity (Wildman–Crippen MR) is 74.9 cm³/mol. The van der Waals surface area contributed by atoms with E-state index in [4.69, 9.17) is 22.5 Å². The Hall–Kier alpha value is 1.96. The first-order chi connectivity index (χ1) is 5.37. The normalized spacial score (nSPS) is 15.2. The fraction of sp³-hybridized carbons (Fsp3) is 1.00. The molecular weight excluding hydrogens is 321 g/mol. The van der Waals surface area contributed by atoms with Crippen LogP contribution in [0.25, 0.3) is 0 Å². The molecule has 0 heterocycles. The molecule has 0 nitrogen and oxygen atoms in total. The van der Waals surface area contributed by atoms with Crippen LogP contribution < -0.4 is 0 Å². The third-order valence-corrected chi connectivity index (χ3v) is 25.0. The molecule has 0 radical (unpaired) electrons. The first kappa shape index (κ1) is 15.0. The van der Waals surface area contributed by atoms with Crippen molar-refractivity contribution in [1.29, 1.82) is 0 Å². The number of rotatable bonds is 3. The molecule has 0 aliphatic heterocycles. The monoisotopic (exact) mass is 340 g/mol. The molecule has 0 unspecified atom stereocenters. The van der Waals surface area contributed by atoms with Gasteiger partial charge in [0.1, 0.15) is 0 Å². The molecule has 0 bridgehead atoms. The molecular formula is C7H19Cl2PSeSi2. The Morgan fingerprint density at radius 3 is 1.15 bits per heavy atom. The van der Waals surface area contributed by atoms with Gasteiger partial charge in [-0.05, 0) is 0 Å². The Labute approximate surface area is 102 Å². The summed E-state index contributed by atoms with van der Waals surface area (Å²) in [6.45, 7) is 14.2. The number of halogens is 2. The molecule has 0 saturated heterocycles. The van der Waals surface area contributed by atoms with Crippen molar-refractivity contribution in [2.24, 2.45) is 0 Å². The summed E-state index contributed by atoms with van der Waals surface area (Å²) in [7, 11) is -2.48. The van der Waals surface area contributed by atoms with Crippen LogP contribution in [0.5, 0.6) is 0 Å². The van der Waals surface area contributed by atoms with Crippen molar-refractivity contribution in [3.05, 3.63) is 0 Å². The maximum absolute atomic E-state index is 6.36. The van der Waals surface area contributed by atoms with Gasteiger partial charge < -0.3 is 0 Å². The maximum atomic E-state index is 6.36. The Bertz CT molecular complexity index is 212. The van der Waals surface area contributed by atoms with E-state index in [2.05, 4.69) is 54.4 Å². The molecule has 0 aromatic rings. The Kier molecular flexibility index (Phi) is 5.12. The van der Waals surface area contributed by atoms with Gasteiger partial charge in [-0.3, -0.25) is 0 Å². The fourth-order valence-electron chi connectivity index (χ4n) is 2.20. The van der Waals surface area contributed by atoms with Crippen LogP contribution in [0.1, 0.15) is 0 Å². The molecule has 0 atom stereocenters. The molecule has 80 valence electrons. The quantitative estimate of drug-likeness (QED) is 0.524. The minimum atomic E-state index is -1.83. The van der Waals surface area contributed by atoms with Crippen molar-refractivity contribution >= 4 is 57.9 Å². The zero-order chi connectivity index (χ0) is 11.1. The third-order valence-electron chi connectivity index (χ3n) is 1.94. The van der Waals surface area contributed by atoms with Crippen molar-refractivity contribution in [3.63, 3.8) is 0 Å². The summed E-state index contributed by atoms with van der Waals surface area (Å²) in [6.07, 6.45) is 0. The van der Waals surface area contributed by atoms with E-state index in [0.717, 1.165) is 0 Å². The average Bonchev–Trinajstić information content (AvgIpc) is 1.44. The van der Waals surface area contributed by atoms with E-state index >= 15 is 0 Å². The van der Waals surface area contributed by atoms with Gasteiger partial charge in [0.25, 0.3) is 0 Å². The van der Waals surface area contributed by atoms with Gasteiger partial charge in [-0.15, -0.1) is 0 Å². The third kappa shape index (κ3) is 5.01. The van der Waals surface area contributed by atoms with Crippen LogP contribution in [0.2, 0.25) is 39.3 Å².